The van der Waals surface area contributed by atoms with Gasteiger partial charge in [-0.15, -0.1) is 10.2 Å². The lowest BCUT2D eigenvalue weighted by molar-refractivity contribution is 0.409. The molecule has 1 aliphatic carbocycles. The van der Waals surface area contributed by atoms with Crippen molar-refractivity contribution in [3.63, 3.8) is 0 Å². The Hall–Kier alpha value is -1.36. The molecule has 0 aliphatic heterocycles. The van der Waals surface area contributed by atoms with Gasteiger partial charge in [-0.2, -0.15) is 0 Å². The SMILES string of the molecule is Clc1nnc(C2CC2)n1Cc1ccon1. The molecule has 2 aromatic rings. The van der Waals surface area contributed by atoms with Gasteiger partial charge in [0.05, 0.1) is 6.54 Å². The summed E-state index contributed by atoms with van der Waals surface area (Å²) >= 11 is 5.96. The molecule has 0 spiro atoms. The molecule has 2 heterocycles. The molecule has 1 aliphatic rings. The number of nitrogens with zero attached hydrogens (tertiary/aromatic N) is 4. The van der Waals surface area contributed by atoms with Crippen LogP contribution in [0.15, 0.2) is 16.9 Å². The van der Waals surface area contributed by atoms with Crippen molar-refractivity contribution in [2.45, 2.75) is 25.3 Å². The van der Waals surface area contributed by atoms with Crippen molar-refractivity contribution in [1.82, 2.24) is 19.9 Å². The van der Waals surface area contributed by atoms with E-state index in [2.05, 4.69) is 15.4 Å². The van der Waals surface area contributed by atoms with Crippen molar-refractivity contribution in [2.24, 2.45) is 0 Å². The first-order valence-corrected chi connectivity index (χ1v) is 5.20. The predicted molar refractivity (Wildman–Crippen MR) is 52.6 cm³/mol. The zero-order valence-corrected chi connectivity index (χ0v) is 8.68. The molecule has 2 aromatic heterocycles. The molecule has 0 aromatic carbocycles. The summed E-state index contributed by atoms with van der Waals surface area (Å²) in [5.41, 5.74) is 0.832. The summed E-state index contributed by atoms with van der Waals surface area (Å²) < 4.78 is 6.66. The predicted octanol–water partition coefficient (Wildman–Crippen LogP) is 1.85. The van der Waals surface area contributed by atoms with Crippen LogP contribution in [0.2, 0.25) is 5.28 Å². The highest BCUT2D eigenvalue weighted by Gasteiger charge is 2.30. The van der Waals surface area contributed by atoms with Crippen LogP contribution in [0.25, 0.3) is 0 Å². The van der Waals surface area contributed by atoms with Crippen LogP contribution in [0.5, 0.6) is 0 Å². The summed E-state index contributed by atoms with van der Waals surface area (Å²) in [7, 11) is 0. The molecule has 0 unspecified atom stereocenters. The molecule has 0 bridgehead atoms. The van der Waals surface area contributed by atoms with Crippen LogP contribution >= 0.6 is 11.6 Å². The summed E-state index contributed by atoms with van der Waals surface area (Å²) in [6.07, 6.45) is 3.89. The van der Waals surface area contributed by atoms with Gasteiger partial charge in [0.1, 0.15) is 17.8 Å². The molecular formula is C9H9ClN4O. The third-order valence-electron chi connectivity index (χ3n) is 2.49. The normalized spacial score (nSPS) is 15.8. The highest BCUT2D eigenvalue weighted by molar-refractivity contribution is 6.28. The fraction of sp³-hybridized carbons (Fsp3) is 0.444. The molecule has 6 heteroatoms. The average Bonchev–Trinajstić information content (AvgIpc) is 2.82. The highest BCUT2D eigenvalue weighted by Crippen LogP contribution is 2.39. The summed E-state index contributed by atoms with van der Waals surface area (Å²) in [5.74, 6) is 1.49. The number of hydrogen-bond donors (Lipinski definition) is 0. The van der Waals surface area contributed by atoms with Gasteiger partial charge in [-0.3, -0.25) is 4.57 Å². The van der Waals surface area contributed by atoms with Crippen molar-refractivity contribution in [2.75, 3.05) is 0 Å². The maximum atomic E-state index is 5.96. The van der Waals surface area contributed by atoms with Crippen LogP contribution < -0.4 is 0 Å². The maximum Gasteiger partial charge on any atom is 0.225 e. The molecule has 0 saturated heterocycles. The monoisotopic (exact) mass is 224 g/mol. The van der Waals surface area contributed by atoms with Crippen molar-refractivity contribution >= 4 is 11.6 Å². The maximum absolute atomic E-state index is 5.96. The molecular weight excluding hydrogens is 216 g/mol. The number of aromatic nitrogens is 4. The zero-order chi connectivity index (χ0) is 10.3. The topological polar surface area (TPSA) is 56.7 Å². The Balaban J connectivity index is 1.92. The summed E-state index contributed by atoms with van der Waals surface area (Å²) in [5, 5.41) is 12.2. The van der Waals surface area contributed by atoms with E-state index in [-0.39, 0.29) is 0 Å². The van der Waals surface area contributed by atoms with E-state index in [0.717, 1.165) is 11.5 Å². The van der Waals surface area contributed by atoms with Gasteiger partial charge in [0.2, 0.25) is 5.28 Å². The molecule has 1 saturated carbocycles. The number of halogens is 1. The van der Waals surface area contributed by atoms with Crippen LogP contribution in [0, 0.1) is 0 Å². The lowest BCUT2D eigenvalue weighted by atomic mass is 10.3. The van der Waals surface area contributed by atoms with E-state index in [1.807, 2.05) is 10.6 Å². The summed E-state index contributed by atoms with van der Waals surface area (Å²) in [6, 6.07) is 1.81. The Kier molecular flexibility index (Phi) is 1.98. The molecule has 0 N–H and O–H groups in total. The molecule has 0 radical (unpaired) electrons. The fourth-order valence-electron chi connectivity index (χ4n) is 1.57. The average molecular weight is 225 g/mol. The van der Waals surface area contributed by atoms with Gasteiger partial charge in [0, 0.05) is 12.0 Å². The Morgan fingerprint density at radius 3 is 3.00 bits per heavy atom. The Morgan fingerprint density at radius 2 is 2.33 bits per heavy atom. The fourth-order valence-corrected chi connectivity index (χ4v) is 1.75. The van der Waals surface area contributed by atoms with E-state index in [4.69, 9.17) is 16.1 Å². The van der Waals surface area contributed by atoms with Crippen molar-refractivity contribution in [3.8, 4) is 0 Å². The van der Waals surface area contributed by atoms with Crippen molar-refractivity contribution in [3.05, 3.63) is 29.1 Å². The number of hydrogen-bond acceptors (Lipinski definition) is 4. The lowest BCUT2D eigenvalue weighted by Gasteiger charge is -2.03. The first-order valence-electron chi connectivity index (χ1n) is 4.82. The Labute approximate surface area is 91.0 Å². The molecule has 15 heavy (non-hydrogen) atoms. The molecule has 3 rings (SSSR count). The second-order valence-electron chi connectivity index (χ2n) is 3.68. The minimum Gasteiger partial charge on any atom is -0.364 e. The third kappa shape index (κ3) is 1.63. The van der Waals surface area contributed by atoms with Crippen LogP contribution in [0.3, 0.4) is 0 Å². The van der Waals surface area contributed by atoms with Crippen molar-refractivity contribution < 1.29 is 4.52 Å². The zero-order valence-electron chi connectivity index (χ0n) is 7.93. The highest BCUT2D eigenvalue weighted by atomic mass is 35.5. The lowest BCUT2D eigenvalue weighted by Crippen LogP contribution is -2.04. The van der Waals surface area contributed by atoms with E-state index in [1.165, 1.54) is 12.8 Å². The van der Waals surface area contributed by atoms with Crippen LogP contribution in [-0.2, 0) is 6.54 Å². The smallest absolute Gasteiger partial charge is 0.225 e. The molecule has 5 nitrogen and oxygen atoms in total. The van der Waals surface area contributed by atoms with Gasteiger partial charge in [-0.25, -0.2) is 0 Å². The number of rotatable bonds is 3. The van der Waals surface area contributed by atoms with Crippen LogP contribution in [0.1, 0.15) is 30.3 Å². The largest absolute Gasteiger partial charge is 0.364 e. The molecule has 78 valence electrons. The first-order chi connectivity index (χ1) is 7.34. The Morgan fingerprint density at radius 1 is 1.47 bits per heavy atom. The van der Waals surface area contributed by atoms with Gasteiger partial charge < -0.3 is 4.52 Å². The van der Waals surface area contributed by atoms with E-state index in [0.29, 0.717) is 17.7 Å². The van der Waals surface area contributed by atoms with Gasteiger partial charge in [0.15, 0.2) is 0 Å². The molecule has 0 atom stereocenters. The molecule has 1 fully saturated rings. The van der Waals surface area contributed by atoms with Crippen LogP contribution in [0.4, 0.5) is 0 Å². The minimum atomic E-state index is 0.417. The van der Waals surface area contributed by atoms with E-state index in [1.54, 1.807) is 6.26 Å². The Bertz CT molecular complexity index is 460. The van der Waals surface area contributed by atoms with Gasteiger partial charge >= 0.3 is 0 Å². The van der Waals surface area contributed by atoms with Gasteiger partial charge in [0.25, 0.3) is 0 Å². The van der Waals surface area contributed by atoms with E-state index in [9.17, 15) is 0 Å². The van der Waals surface area contributed by atoms with Crippen molar-refractivity contribution in [1.29, 1.82) is 0 Å². The quantitative estimate of drug-likeness (QED) is 0.798. The minimum absolute atomic E-state index is 0.417. The van der Waals surface area contributed by atoms with Crippen LogP contribution in [-0.4, -0.2) is 19.9 Å². The standard InChI is InChI=1S/C9H9ClN4O/c10-9-12-11-8(6-1-2-6)14(9)5-7-3-4-15-13-7/h3-4,6H,1-2,5H2. The van der Waals surface area contributed by atoms with Gasteiger partial charge in [-0.1, -0.05) is 5.16 Å². The second kappa shape index (κ2) is 3.34. The van der Waals surface area contributed by atoms with E-state index < -0.39 is 0 Å². The second-order valence-corrected chi connectivity index (χ2v) is 4.02. The summed E-state index contributed by atoms with van der Waals surface area (Å²) in [6.45, 7) is 0.578. The molecule has 0 amide bonds. The first kappa shape index (κ1) is 8.91. The van der Waals surface area contributed by atoms with E-state index >= 15 is 0 Å². The van der Waals surface area contributed by atoms with Gasteiger partial charge in [-0.05, 0) is 24.4 Å². The third-order valence-corrected chi connectivity index (χ3v) is 2.77. The summed E-state index contributed by atoms with van der Waals surface area (Å²) in [4.78, 5) is 0.